The van der Waals surface area contributed by atoms with E-state index in [0.29, 0.717) is 15.9 Å². The number of carbonyl (C=O) groups is 2. The van der Waals surface area contributed by atoms with Crippen LogP contribution in [0.5, 0.6) is 0 Å². The summed E-state index contributed by atoms with van der Waals surface area (Å²) in [6.07, 6.45) is -4.76. The zero-order valence-electron chi connectivity index (χ0n) is 22.2. The third-order valence-corrected chi connectivity index (χ3v) is 8.27. The standard InChI is InChI=1S/C28H28ClF4N3O4S/c1-3-25(27(38)34-4-2)35(17-19-10-12-20(30)13-11-19)26(37)18-36(41(39,40)22-8-6-5-7-9-22)21-14-15-24(29)23(16-21)28(31,32)33/h5-16,25H,3-4,17-18H2,1-2H3,(H,34,38)/t25-/m1/s1. The number of nitrogens with zero attached hydrogens (tertiary/aromatic N) is 2. The van der Waals surface area contributed by atoms with Gasteiger partial charge in [0.2, 0.25) is 11.8 Å². The molecule has 13 heteroatoms. The molecule has 0 unspecified atom stereocenters. The molecule has 0 bridgehead atoms. The highest BCUT2D eigenvalue weighted by Crippen LogP contribution is 2.38. The van der Waals surface area contributed by atoms with E-state index in [1.165, 1.54) is 48.5 Å². The number of anilines is 1. The number of sulfonamides is 1. The molecule has 0 saturated carbocycles. The van der Waals surface area contributed by atoms with Crippen molar-refractivity contribution >= 4 is 39.1 Å². The minimum atomic E-state index is -4.90. The molecule has 2 amide bonds. The third-order valence-electron chi connectivity index (χ3n) is 6.16. The molecule has 0 aliphatic carbocycles. The summed E-state index contributed by atoms with van der Waals surface area (Å²) in [7, 11) is -4.57. The summed E-state index contributed by atoms with van der Waals surface area (Å²) >= 11 is 5.77. The Morgan fingerprint density at radius 2 is 1.61 bits per heavy atom. The van der Waals surface area contributed by atoms with E-state index < -0.39 is 62.7 Å². The lowest BCUT2D eigenvalue weighted by Gasteiger charge is -2.33. The monoisotopic (exact) mass is 613 g/mol. The highest BCUT2D eigenvalue weighted by molar-refractivity contribution is 7.92. The fourth-order valence-corrected chi connectivity index (χ4v) is 5.78. The number of halogens is 5. The predicted molar refractivity (Wildman–Crippen MR) is 147 cm³/mol. The van der Waals surface area contributed by atoms with Gasteiger partial charge in [-0.15, -0.1) is 0 Å². The Kier molecular flexibility index (Phi) is 10.4. The van der Waals surface area contributed by atoms with Gasteiger partial charge in [-0.3, -0.25) is 13.9 Å². The van der Waals surface area contributed by atoms with Gasteiger partial charge >= 0.3 is 6.18 Å². The van der Waals surface area contributed by atoms with E-state index in [4.69, 9.17) is 11.6 Å². The van der Waals surface area contributed by atoms with Crippen LogP contribution >= 0.6 is 11.6 Å². The Bertz CT molecular complexity index is 1470. The first-order valence-corrected chi connectivity index (χ1v) is 14.4. The van der Waals surface area contributed by atoms with Crippen molar-refractivity contribution in [3.05, 3.63) is 94.8 Å². The van der Waals surface area contributed by atoms with E-state index in [1.54, 1.807) is 19.9 Å². The quantitative estimate of drug-likeness (QED) is 0.284. The number of amides is 2. The van der Waals surface area contributed by atoms with E-state index in [9.17, 15) is 35.6 Å². The number of rotatable bonds is 11. The van der Waals surface area contributed by atoms with Crippen LogP contribution < -0.4 is 9.62 Å². The van der Waals surface area contributed by atoms with Crippen LogP contribution in [0.4, 0.5) is 23.2 Å². The number of alkyl halides is 3. The van der Waals surface area contributed by atoms with Gasteiger partial charge in [-0.2, -0.15) is 13.2 Å². The zero-order valence-corrected chi connectivity index (χ0v) is 23.7. The van der Waals surface area contributed by atoms with Gasteiger partial charge in [-0.25, -0.2) is 12.8 Å². The summed E-state index contributed by atoms with van der Waals surface area (Å²) in [5, 5.41) is 1.99. The normalized spacial score (nSPS) is 12.5. The molecule has 41 heavy (non-hydrogen) atoms. The SMILES string of the molecule is CCNC(=O)[C@@H](CC)N(Cc1ccc(F)cc1)C(=O)CN(c1ccc(Cl)c(C(F)(F)F)c1)S(=O)(=O)c1ccccc1. The molecule has 0 fully saturated rings. The molecule has 0 aliphatic heterocycles. The van der Waals surface area contributed by atoms with Gasteiger partial charge in [-0.05, 0) is 61.4 Å². The van der Waals surface area contributed by atoms with Crippen molar-refractivity contribution in [3.8, 4) is 0 Å². The van der Waals surface area contributed by atoms with E-state index in [2.05, 4.69) is 5.32 Å². The smallest absolute Gasteiger partial charge is 0.355 e. The maximum Gasteiger partial charge on any atom is 0.417 e. The van der Waals surface area contributed by atoms with Gasteiger partial charge in [0, 0.05) is 13.1 Å². The molecule has 0 saturated heterocycles. The Hall–Kier alpha value is -3.64. The Labute approximate surface area is 240 Å². The zero-order chi connectivity index (χ0) is 30.4. The second-order valence-electron chi connectivity index (χ2n) is 8.95. The predicted octanol–water partition coefficient (Wildman–Crippen LogP) is 5.64. The van der Waals surface area contributed by atoms with Crippen LogP contribution in [-0.2, 0) is 32.3 Å². The first-order valence-electron chi connectivity index (χ1n) is 12.6. The minimum absolute atomic E-state index is 0.142. The molecule has 3 rings (SSSR count). The summed E-state index contributed by atoms with van der Waals surface area (Å²) in [4.78, 5) is 27.6. The number of nitrogens with one attached hydrogen (secondary N) is 1. The van der Waals surface area contributed by atoms with Gasteiger partial charge in [0.05, 0.1) is 21.2 Å². The molecule has 1 N–H and O–H groups in total. The lowest BCUT2D eigenvalue weighted by atomic mass is 10.1. The Balaban J connectivity index is 2.13. The van der Waals surface area contributed by atoms with Crippen LogP contribution in [0.25, 0.3) is 0 Å². The third kappa shape index (κ3) is 7.76. The van der Waals surface area contributed by atoms with Crippen LogP contribution in [0.1, 0.15) is 31.4 Å². The van der Waals surface area contributed by atoms with Gasteiger partial charge < -0.3 is 10.2 Å². The average molecular weight is 614 g/mol. The van der Waals surface area contributed by atoms with Crippen molar-refractivity contribution in [1.82, 2.24) is 10.2 Å². The molecular weight excluding hydrogens is 586 g/mol. The number of hydrogen-bond acceptors (Lipinski definition) is 4. The van der Waals surface area contributed by atoms with Crippen molar-refractivity contribution in [1.29, 1.82) is 0 Å². The summed E-state index contributed by atoms with van der Waals surface area (Å²) in [5.74, 6) is -1.89. The van der Waals surface area contributed by atoms with Crippen LogP contribution in [0.2, 0.25) is 5.02 Å². The van der Waals surface area contributed by atoms with Crippen LogP contribution in [-0.4, -0.2) is 44.3 Å². The fraction of sp³-hybridized carbons (Fsp3) is 0.286. The molecule has 220 valence electrons. The number of carbonyl (C=O) groups excluding carboxylic acids is 2. The Morgan fingerprint density at radius 1 is 0.976 bits per heavy atom. The van der Waals surface area contributed by atoms with Gasteiger partial charge in [-0.1, -0.05) is 48.9 Å². The lowest BCUT2D eigenvalue weighted by Crippen LogP contribution is -2.52. The van der Waals surface area contributed by atoms with E-state index in [-0.39, 0.29) is 24.4 Å². The van der Waals surface area contributed by atoms with Gasteiger partial charge in [0.1, 0.15) is 18.4 Å². The molecule has 0 radical (unpaired) electrons. The first-order chi connectivity index (χ1) is 19.3. The Morgan fingerprint density at radius 3 is 2.17 bits per heavy atom. The highest BCUT2D eigenvalue weighted by atomic mass is 35.5. The number of likely N-dealkylation sites (N-methyl/N-ethyl adjacent to an activating group) is 1. The second kappa shape index (κ2) is 13.3. The van der Waals surface area contributed by atoms with Gasteiger partial charge in [0.25, 0.3) is 10.0 Å². The topological polar surface area (TPSA) is 86.8 Å². The van der Waals surface area contributed by atoms with Crippen molar-refractivity contribution in [2.45, 2.75) is 43.9 Å². The first kappa shape index (κ1) is 31.9. The largest absolute Gasteiger partial charge is 0.417 e. The molecule has 0 heterocycles. The molecule has 0 aliphatic rings. The fourth-order valence-electron chi connectivity index (χ4n) is 4.13. The summed E-state index contributed by atoms with van der Waals surface area (Å²) in [6, 6.07) is 13.5. The minimum Gasteiger partial charge on any atom is -0.355 e. The highest BCUT2D eigenvalue weighted by Gasteiger charge is 2.37. The molecule has 3 aromatic rings. The second-order valence-corrected chi connectivity index (χ2v) is 11.2. The summed E-state index contributed by atoms with van der Waals surface area (Å²) in [5.41, 5.74) is -1.29. The lowest BCUT2D eigenvalue weighted by molar-refractivity contribution is -0.140. The maximum absolute atomic E-state index is 13.9. The van der Waals surface area contributed by atoms with Crippen molar-refractivity contribution in [2.75, 3.05) is 17.4 Å². The van der Waals surface area contributed by atoms with E-state index >= 15 is 0 Å². The average Bonchev–Trinajstić information content (AvgIpc) is 2.93. The van der Waals surface area contributed by atoms with Gasteiger partial charge in [0.15, 0.2) is 0 Å². The molecular formula is C28H28ClF4N3O4S. The molecule has 0 spiro atoms. The molecule has 1 atom stereocenters. The van der Waals surface area contributed by atoms with E-state index in [0.717, 1.165) is 17.0 Å². The summed E-state index contributed by atoms with van der Waals surface area (Å²) < 4.78 is 82.6. The van der Waals surface area contributed by atoms with Crippen molar-refractivity contribution in [2.24, 2.45) is 0 Å². The van der Waals surface area contributed by atoms with Crippen LogP contribution in [0.3, 0.4) is 0 Å². The van der Waals surface area contributed by atoms with Crippen molar-refractivity contribution in [3.63, 3.8) is 0 Å². The number of benzene rings is 3. The number of hydrogen-bond donors (Lipinski definition) is 1. The maximum atomic E-state index is 13.9. The molecule has 7 nitrogen and oxygen atoms in total. The summed E-state index contributed by atoms with van der Waals surface area (Å²) in [6.45, 7) is 2.46. The molecule has 3 aromatic carbocycles. The van der Waals surface area contributed by atoms with Crippen LogP contribution in [0.15, 0.2) is 77.7 Å². The van der Waals surface area contributed by atoms with Crippen LogP contribution in [0, 0.1) is 5.82 Å². The molecule has 0 aromatic heterocycles. The van der Waals surface area contributed by atoms with E-state index in [1.807, 2.05) is 0 Å². The van der Waals surface area contributed by atoms with Crippen molar-refractivity contribution < 1.29 is 35.6 Å².